The van der Waals surface area contributed by atoms with Crippen LogP contribution in [0.4, 0.5) is 10.3 Å². The Hall–Kier alpha value is -4.33. The van der Waals surface area contributed by atoms with Gasteiger partial charge in [0.15, 0.2) is 5.43 Å². The number of benzene rings is 2. The minimum Gasteiger partial charge on any atom is -0.490 e. The molecule has 158 valence electrons. The fraction of sp³-hybridized carbons (Fsp3) is 0.0833. The number of anilines is 1. The summed E-state index contributed by atoms with van der Waals surface area (Å²) in [4.78, 5) is 36.5. The van der Waals surface area contributed by atoms with Gasteiger partial charge in [-0.25, -0.2) is 14.4 Å². The smallest absolute Gasteiger partial charge is 0.297 e. The van der Waals surface area contributed by atoms with Gasteiger partial charge in [0.2, 0.25) is 11.7 Å². The number of aromatic nitrogens is 2. The van der Waals surface area contributed by atoms with Crippen molar-refractivity contribution in [3.8, 4) is 5.75 Å². The van der Waals surface area contributed by atoms with E-state index in [-0.39, 0.29) is 28.2 Å². The maximum absolute atomic E-state index is 13.9. The summed E-state index contributed by atoms with van der Waals surface area (Å²) in [5, 5.41) is 0.0586. The normalized spacial score (nSPS) is 15.1. The maximum atomic E-state index is 13.9. The molecule has 0 fully saturated rings. The number of hydrogen-bond acceptors (Lipinski definition) is 6. The van der Waals surface area contributed by atoms with Crippen molar-refractivity contribution in [2.24, 2.45) is 0 Å². The average Bonchev–Trinajstić information content (AvgIpc) is 3.11. The number of ether oxygens (including phenoxy) is 1. The summed E-state index contributed by atoms with van der Waals surface area (Å²) in [5.41, 5.74) is 0.384. The Morgan fingerprint density at radius 2 is 1.88 bits per heavy atom. The maximum Gasteiger partial charge on any atom is 0.297 e. The van der Waals surface area contributed by atoms with Crippen molar-refractivity contribution in [2.45, 2.75) is 6.04 Å². The first-order chi connectivity index (χ1) is 15.6. The molecule has 0 radical (unpaired) electrons. The Labute approximate surface area is 181 Å². The van der Waals surface area contributed by atoms with Gasteiger partial charge in [-0.15, -0.1) is 0 Å². The second-order valence-corrected chi connectivity index (χ2v) is 7.11. The Bertz CT molecular complexity index is 1400. The van der Waals surface area contributed by atoms with Crippen LogP contribution in [0.2, 0.25) is 0 Å². The molecule has 1 unspecified atom stereocenters. The van der Waals surface area contributed by atoms with Crippen molar-refractivity contribution in [1.82, 2.24) is 9.97 Å². The molecule has 0 saturated heterocycles. The molecule has 0 bridgehead atoms. The molecule has 8 heteroatoms. The number of rotatable bonds is 5. The van der Waals surface area contributed by atoms with E-state index in [9.17, 15) is 14.0 Å². The van der Waals surface area contributed by atoms with Crippen molar-refractivity contribution in [1.29, 1.82) is 0 Å². The summed E-state index contributed by atoms with van der Waals surface area (Å²) in [5.74, 6) is -0.508. The third-order valence-electron chi connectivity index (χ3n) is 5.16. The van der Waals surface area contributed by atoms with Gasteiger partial charge >= 0.3 is 0 Å². The van der Waals surface area contributed by atoms with E-state index in [0.29, 0.717) is 17.9 Å². The number of carbonyl (C=O) groups excluding carboxylic acids is 1. The van der Waals surface area contributed by atoms with Crippen LogP contribution in [-0.4, -0.2) is 22.5 Å². The van der Waals surface area contributed by atoms with Crippen molar-refractivity contribution >= 4 is 22.8 Å². The lowest BCUT2D eigenvalue weighted by molar-refractivity contribution is 0.0969. The van der Waals surface area contributed by atoms with Crippen LogP contribution in [0.15, 0.2) is 82.8 Å². The van der Waals surface area contributed by atoms with E-state index >= 15 is 0 Å². The molecule has 2 aromatic carbocycles. The molecule has 0 N–H and O–H groups in total. The highest BCUT2D eigenvalue weighted by atomic mass is 19.1. The second kappa shape index (κ2) is 7.73. The van der Waals surface area contributed by atoms with Gasteiger partial charge in [-0.3, -0.25) is 14.5 Å². The van der Waals surface area contributed by atoms with Gasteiger partial charge in [0.05, 0.1) is 17.0 Å². The summed E-state index contributed by atoms with van der Waals surface area (Å²) in [6.07, 6.45) is 4.63. The second-order valence-electron chi connectivity index (χ2n) is 7.11. The molecule has 5 rings (SSSR count). The average molecular weight is 429 g/mol. The first-order valence-electron chi connectivity index (χ1n) is 9.79. The van der Waals surface area contributed by atoms with E-state index in [2.05, 4.69) is 16.5 Å². The van der Waals surface area contributed by atoms with Crippen LogP contribution >= 0.6 is 0 Å². The molecule has 0 spiro atoms. The van der Waals surface area contributed by atoms with Crippen molar-refractivity contribution in [2.75, 3.05) is 11.5 Å². The molecule has 32 heavy (non-hydrogen) atoms. The van der Waals surface area contributed by atoms with Crippen molar-refractivity contribution < 1.29 is 18.3 Å². The Balaban J connectivity index is 1.73. The van der Waals surface area contributed by atoms with Crippen LogP contribution in [0.25, 0.3) is 11.0 Å². The van der Waals surface area contributed by atoms with Crippen LogP contribution in [-0.2, 0) is 0 Å². The van der Waals surface area contributed by atoms with Crippen LogP contribution in [0.1, 0.15) is 27.7 Å². The number of hydrogen-bond donors (Lipinski definition) is 0. The molecule has 1 atom stereocenters. The van der Waals surface area contributed by atoms with Gasteiger partial charge in [0, 0.05) is 12.4 Å². The summed E-state index contributed by atoms with van der Waals surface area (Å²) < 4.78 is 25.2. The standard InChI is InChI=1S/C24H16FN3O4/c1-2-12-31-16-7-4-14(5-8-16)20-19-21(29)17-13-15(25)6-9-18(17)32-22(19)23(30)28(20)24-26-10-3-11-27-24/h2-11,13,20H,1,12H2. The summed E-state index contributed by atoms with van der Waals surface area (Å²) in [6, 6.07) is 11.3. The number of fused-ring (bicyclic) bond motifs is 2. The van der Waals surface area contributed by atoms with Crippen LogP contribution < -0.4 is 15.1 Å². The summed E-state index contributed by atoms with van der Waals surface area (Å²) in [6.45, 7) is 3.96. The van der Waals surface area contributed by atoms with E-state index in [0.717, 1.165) is 6.07 Å². The summed E-state index contributed by atoms with van der Waals surface area (Å²) in [7, 11) is 0. The fourth-order valence-corrected chi connectivity index (χ4v) is 3.78. The molecule has 2 aromatic heterocycles. The highest BCUT2D eigenvalue weighted by molar-refractivity contribution is 6.09. The van der Waals surface area contributed by atoms with Gasteiger partial charge in [0.25, 0.3) is 5.91 Å². The molecule has 0 saturated carbocycles. The number of nitrogens with zero attached hydrogens (tertiary/aromatic N) is 3. The lowest BCUT2D eigenvalue weighted by Gasteiger charge is -2.23. The Morgan fingerprint density at radius 1 is 1.12 bits per heavy atom. The van der Waals surface area contributed by atoms with Gasteiger partial charge < -0.3 is 9.15 Å². The summed E-state index contributed by atoms with van der Waals surface area (Å²) >= 11 is 0. The van der Waals surface area contributed by atoms with E-state index in [1.54, 1.807) is 36.4 Å². The largest absolute Gasteiger partial charge is 0.490 e. The Kier molecular flexibility index (Phi) is 4.74. The zero-order valence-electron chi connectivity index (χ0n) is 16.7. The molecule has 7 nitrogen and oxygen atoms in total. The zero-order valence-corrected chi connectivity index (χ0v) is 16.7. The van der Waals surface area contributed by atoms with Gasteiger partial charge in [-0.2, -0.15) is 0 Å². The quantitative estimate of drug-likeness (QED) is 0.445. The van der Waals surface area contributed by atoms with E-state index < -0.39 is 23.2 Å². The van der Waals surface area contributed by atoms with Crippen LogP contribution in [0.5, 0.6) is 5.75 Å². The number of carbonyl (C=O) groups is 1. The molecule has 4 aromatic rings. The van der Waals surface area contributed by atoms with Crippen molar-refractivity contribution in [3.63, 3.8) is 0 Å². The first-order valence-corrected chi connectivity index (χ1v) is 9.79. The van der Waals surface area contributed by atoms with Crippen LogP contribution in [0, 0.1) is 5.82 Å². The highest BCUT2D eigenvalue weighted by Gasteiger charge is 2.44. The van der Waals surface area contributed by atoms with Gasteiger partial charge in [0.1, 0.15) is 23.8 Å². The SMILES string of the molecule is C=CCOc1ccc(C2c3c(oc4ccc(F)cc4c3=O)C(=O)N2c2ncccn2)cc1. The monoisotopic (exact) mass is 429 g/mol. The zero-order chi connectivity index (χ0) is 22.2. The van der Waals surface area contributed by atoms with E-state index in [1.807, 2.05) is 0 Å². The molecular formula is C24H16FN3O4. The van der Waals surface area contributed by atoms with Gasteiger partial charge in [-0.05, 0) is 42.0 Å². The van der Waals surface area contributed by atoms with Gasteiger partial charge in [-0.1, -0.05) is 24.8 Å². The topological polar surface area (TPSA) is 85.5 Å². The predicted octanol–water partition coefficient (Wildman–Crippen LogP) is 4.04. The first kappa shape index (κ1) is 19.6. The minimum atomic E-state index is -0.850. The third-order valence-corrected chi connectivity index (χ3v) is 5.16. The lowest BCUT2D eigenvalue weighted by Crippen LogP contribution is -2.31. The third kappa shape index (κ3) is 3.13. The van der Waals surface area contributed by atoms with E-state index in [1.165, 1.54) is 29.4 Å². The van der Waals surface area contributed by atoms with E-state index in [4.69, 9.17) is 9.15 Å². The molecular weight excluding hydrogens is 413 g/mol. The molecule has 1 aliphatic heterocycles. The Morgan fingerprint density at radius 3 is 2.59 bits per heavy atom. The molecule has 3 heterocycles. The van der Waals surface area contributed by atoms with Crippen LogP contribution in [0.3, 0.4) is 0 Å². The number of halogens is 1. The molecule has 1 amide bonds. The lowest BCUT2D eigenvalue weighted by atomic mass is 9.98. The minimum absolute atomic E-state index is 0.0586. The van der Waals surface area contributed by atoms with Crippen molar-refractivity contribution in [3.05, 3.63) is 107 Å². The molecule has 0 aliphatic carbocycles. The fourth-order valence-electron chi connectivity index (χ4n) is 3.78. The number of amides is 1. The molecule has 1 aliphatic rings. The highest BCUT2D eigenvalue weighted by Crippen LogP contribution is 2.40. The predicted molar refractivity (Wildman–Crippen MR) is 115 cm³/mol.